The van der Waals surface area contributed by atoms with Gasteiger partial charge in [-0.05, 0) is 36.4 Å². The SMILES string of the molecule is Cn1cc(-c2ccc3nc(CC(=O)c4ccccc4)c(F)n3n2)c(-c2ccc(F)cc2)n1. The first-order chi connectivity index (χ1) is 15.5. The quantitative estimate of drug-likeness (QED) is 0.386. The summed E-state index contributed by atoms with van der Waals surface area (Å²) in [6, 6.07) is 18.0. The van der Waals surface area contributed by atoms with Crippen molar-refractivity contribution >= 4 is 11.4 Å². The van der Waals surface area contributed by atoms with Crippen molar-refractivity contribution in [3.63, 3.8) is 0 Å². The van der Waals surface area contributed by atoms with E-state index in [2.05, 4.69) is 15.2 Å². The van der Waals surface area contributed by atoms with Crippen LogP contribution in [0.3, 0.4) is 0 Å². The second-order valence-electron chi connectivity index (χ2n) is 7.38. The van der Waals surface area contributed by atoms with Gasteiger partial charge in [-0.15, -0.1) is 0 Å². The van der Waals surface area contributed by atoms with Gasteiger partial charge in [-0.2, -0.15) is 19.1 Å². The molecule has 3 aromatic heterocycles. The highest BCUT2D eigenvalue weighted by molar-refractivity contribution is 5.97. The fourth-order valence-corrected chi connectivity index (χ4v) is 3.58. The number of carbonyl (C=O) groups excluding carboxylic acids is 1. The molecule has 0 spiro atoms. The largest absolute Gasteiger partial charge is 0.294 e. The summed E-state index contributed by atoms with van der Waals surface area (Å²) in [5.74, 6) is -1.25. The molecule has 0 radical (unpaired) electrons. The van der Waals surface area contributed by atoms with Crippen molar-refractivity contribution < 1.29 is 13.6 Å². The summed E-state index contributed by atoms with van der Waals surface area (Å²) in [4.78, 5) is 16.7. The first kappa shape index (κ1) is 19.7. The van der Waals surface area contributed by atoms with E-state index in [1.165, 1.54) is 12.1 Å². The van der Waals surface area contributed by atoms with Gasteiger partial charge in [-0.1, -0.05) is 30.3 Å². The molecule has 6 nitrogen and oxygen atoms in total. The van der Waals surface area contributed by atoms with Gasteiger partial charge in [0.15, 0.2) is 11.4 Å². The van der Waals surface area contributed by atoms with E-state index in [9.17, 15) is 9.18 Å². The third-order valence-corrected chi connectivity index (χ3v) is 5.13. The van der Waals surface area contributed by atoms with Crippen molar-refractivity contribution in [3.05, 3.63) is 95.9 Å². The lowest BCUT2D eigenvalue weighted by atomic mass is 10.1. The number of fused-ring (bicyclic) bond motifs is 1. The van der Waals surface area contributed by atoms with Crippen LogP contribution in [-0.2, 0) is 13.5 Å². The molecule has 0 saturated carbocycles. The van der Waals surface area contributed by atoms with Gasteiger partial charge in [0.1, 0.15) is 17.2 Å². The maximum Gasteiger partial charge on any atom is 0.238 e. The number of benzene rings is 2. The molecular weight excluding hydrogens is 412 g/mol. The second-order valence-corrected chi connectivity index (χ2v) is 7.38. The van der Waals surface area contributed by atoms with Gasteiger partial charge in [0.2, 0.25) is 5.95 Å². The molecular formula is C24H17F2N5O. The number of halogens is 2. The molecule has 32 heavy (non-hydrogen) atoms. The molecule has 2 aromatic carbocycles. The monoisotopic (exact) mass is 429 g/mol. The number of rotatable bonds is 5. The van der Waals surface area contributed by atoms with Gasteiger partial charge in [-0.25, -0.2) is 9.37 Å². The maximum absolute atomic E-state index is 15.1. The van der Waals surface area contributed by atoms with Crippen LogP contribution in [0, 0.1) is 11.8 Å². The standard InChI is InChI=1S/C24H17F2N5O/c1-30-14-18(23(29-30)16-7-9-17(25)10-8-16)19-11-12-22-27-20(24(26)31(22)28-19)13-21(32)15-5-3-2-4-6-15/h2-12,14H,13H2,1H3. The predicted octanol–water partition coefficient (Wildman–Crippen LogP) is 4.50. The van der Waals surface area contributed by atoms with E-state index in [-0.39, 0.29) is 23.7 Å². The van der Waals surface area contributed by atoms with Crippen LogP contribution in [0.2, 0.25) is 0 Å². The minimum atomic E-state index is -0.682. The lowest BCUT2D eigenvalue weighted by molar-refractivity contribution is 0.0990. The van der Waals surface area contributed by atoms with E-state index < -0.39 is 5.95 Å². The van der Waals surface area contributed by atoms with Crippen LogP contribution in [0.1, 0.15) is 16.1 Å². The fraction of sp³-hybridized carbons (Fsp3) is 0.0833. The lowest BCUT2D eigenvalue weighted by Crippen LogP contribution is -2.06. The molecule has 0 bridgehead atoms. The van der Waals surface area contributed by atoms with Crippen LogP contribution in [0.5, 0.6) is 0 Å². The van der Waals surface area contributed by atoms with Crippen LogP contribution in [0.4, 0.5) is 8.78 Å². The molecule has 0 aliphatic heterocycles. The molecule has 0 amide bonds. The Morgan fingerprint density at radius 3 is 2.44 bits per heavy atom. The Hall–Kier alpha value is -4.20. The first-order valence-corrected chi connectivity index (χ1v) is 9.92. The highest BCUT2D eigenvalue weighted by Crippen LogP contribution is 2.30. The van der Waals surface area contributed by atoms with E-state index in [1.54, 1.807) is 66.5 Å². The highest BCUT2D eigenvalue weighted by atomic mass is 19.1. The van der Waals surface area contributed by atoms with Crippen LogP contribution in [0.25, 0.3) is 28.2 Å². The Bertz CT molecular complexity index is 1440. The molecule has 5 aromatic rings. The smallest absolute Gasteiger partial charge is 0.238 e. The summed E-state index contributed by atoms with van der Waals surface area (Å²) < 4.78 is 31.1. The molecule has 0 N–H and O–H groups in total. The van der Waals surface area contributed by atoms with Crippen molar-refractivity contribution in [2.45, 2.75) is 6.42 Å². The molecule has 8 heteroatoms. The third-order valence-electron chi connectivity index (χ3n) is 5.13. The molecule has 0 saturated heterocycles. The van der Waals surface area contributed by atoms with E-state index >= 15 is 4.39 Å². The Balaban J connectivity index is 1.53. The average Bonchev–Trinajstić information content (AvgIpc) is 3.34. The number of nitrogens with zero attached hydrogens (tertiary/aromatic N) is 5. The van der Waals surface area contributed by atoms with Crippen LogP contribution in [-0.4, -0.2) is 30.2 Å². The summed E-state index contributed by atoms with van der Waals surface area (Å²) in [6.45, 7) is 0. The number of carbonyl (C=O) groups is 1. The number of ketones is 1. The third kappa shape index (κ3) is 3.56. The number of hydrogen-bond donors (Lipinski definition) is 0. The summed E-state index contributed by atoms with van der Waals surface area (Å²) in [6.07, 6.45) is 1.60. The van der Waals surface area contributed by atoms with Crippen molar-refractivity contribution in [1.82, 2.24) is 24.4 Å². The average molecular weight is 429 g/mol. The van der Waals surface area contributed by atoms with Gasteiger partial charge in [0, 0.05) is 29.9 Å². The highest BCUT2D eigenvalue weighted by Gasteiger charge is 2.19. The van der Waals surface area contributed by atoms with Crippen molar-refractivity contribution in [2.75, 3.05) is 0 Å². The molecule has 3 heterocycles. The van der Waals surface area contributed by atoms with E-state index in [4.69, 9.17) is 0 Å². The second kappa shape index (κ2) is 7.81. The summed E-state index contributed by atoms with van der Waals surface area (Å²) in [5.41, 5.74) is 3.28. The predicted molar refractivity (Wildman–Crippen MR) is 115 cm³/mol. The van der Waals surface area contributed by atoms with Gasteiger partial charge in [0.05, 0.1) is 12.1 Å². The van der Waals surface area contributed by atoms with Gasteiger partial charge >= 0.3 is 0 Å². The lowest BCUT2D eigenvalue weighted by Gasteiger charge is -2.03. The minimum Gasteiger partial charge on any atom is -0.294 e. The number of aromatic nitrogens is 5. The Morgan fingerprint density at radius 2 is 1.69 bits per heavy atom. The zero-order valence-corrected chi connectivity index (χ0v) is 17.0. The Kier molecular flexibility index (Phi) is 4.82. The topological polar surface area (TPSA) is 65.1 Å². The molecule has 0 aliphatic carbocycles. The molecule has 0 atom stereocenters. The van der Waals surface area contributed by atoms with E-state index in [0.29, 0.717) is 33.7 Å². The first-order valence-electron chi connectivity index (χ1n) is 9.92. The van der Waals surface area contributed by atoms with E-state index in [0.717, 1.165) is 4.52 Å². The zero-order valence-electron chi connectivity index (χ0n) is 17.0. The van der Waals surface area contributed by atoms with Crippen molar-refractivity contribution in [1.29, 1.82) is 0 Å². The number of hydrogen-bond acceptors (Lipinski definition) is 4. The Morgan fingerprint density at radius 1 is 0.938 bits per heavy atom. The van der Waals surface area contributed by atoms with Gasteiger partial charge < -0.3 is 0 Å². The van der Waals surface area contributed by atoms with Gasteiger partial charge in [0.25, 0.3) is 0 Å². The summed E-state index contributed by atoms with van der Waals surface area (Å²) >= 11 is 0. The van der Waals surface area contributed by atoms with Crippen LogP contribution >= 0.6 is 0 Å². The van der Waals surface area contributed by atoms with Crippen LogP contribution in [0.15, 0.2) is 72.9 Å². The molecule has 5 rings (SSSR count). The molecule has 0 unspecified atom stereocenters. The summed E-state index contributed by atoms with van der Waals surface area (Å²) in [5, 5.41) is 8.86. The van der Waals surface area contributed by atoms with Crippen molar-refractivity contribution in [2.24, 2.45) is 7.05 Å². The zero-order chi connectivity index (χ0) is 22.2. The number of Topliss-reactive ketones (excluding diaryl/α,β-unsaturated/α-hetero) is 1. The van der Waals surface area contributed by atoms with Crippen LogP contribution < -0.4 is 0 Å². The van der Waals surface area contributed by atoms with Gasteiger partial charge in [-0.3, -0.25) is 9.48 Å². The fourth-order valence-electron chi connectivity index (χ4n) is 3.58. The number of imidazole rings is 1. The van der Waals surface area contributed by atoms with E-state index in [1.807, 2.05) is 6.07 Å². The van der Waals surface area contributed by atoms with Crippen molar-refractivity contribution in [3.8, 4) is 22.5 Å². The Labute approximate surface area is 181 Å². The summed E-state index contributed by atoms with van der Waals surface area (Å²) in [7, 11) is 1.76. The molecule has 0 fully saturated rings. The molecule has 158 valence electrons. The maximum atomic E-state index is 15.1. The minimum absolute atomic E-state index is 0.0356. The number of aryl methyl sites for hydroxylation is 1. The normalized spacial score (nSPS) is 11.2. The molecule has 0 aliphatic rings.